The van der Waals surface area contributed by atoms with Gasteiger partial charge in [-0.25, -0.2) is 0 Å². The third kappa shape index (κ3) is 0.958. The molecular weight excluding hydrogens is 150 g/mol. The summed E-state index contributed by atoms with van der Waals surface area (Å²) < 4.78 is 0. The van der Waals surface area contributed by atoms with Gasteiger partial charge in [0.1, 0.15) is 0 Å². The largest absolute Gasteiger partial charge is 0.391 e. The summed E-state index contributed by atoms with van der Waals surface area (Å²) in [5.41, 5.74) is 9.39. The molecule has 0 amide bonds. The molecule has 2 rings (SSSR count). The van der Waals surface area contributed by atoms with E-state index in [1.165, 1.54) is 11.1 Å². The van der Waals surface area contributed by atoms with Crippen LogP contribution in [-0.4, -0.2) is 11.2 Å². The van der Waals surface area contributed by atoms with Crippen molar-refractivity contribution < 1.29 is 5.11 Å². The number of aliphatic hydroxyl groups excluding tert-OH is 1. The molecular formula is C10H13NO. The second kappa shape index (κ2) is 2.57. The minimum absolute atomic E-state index is 0.181. The first kappa shape index (κ1) is 7.77. The molecule has 0 spiro atoms. The first-order chi connectivity index (χ1) is 5.70. The van der Waals surface area contributed by atoms with Crippen molar-refractivity contribution in [3.05, 3.63) is 34.9 Å². The number of benzene rings is 1. The zero-order chi connectivity index (χ0) is 8.72. The molecule has 0 aliphatic heterocycles. The number of fused-ring (bicyclic) bond motifs is 1. The zero-order valence-corrected chi connectivity index (χ0v) is 7.12. The third-order valence-corrected chi connectivity index (χ3v) is 2.63. The van der Waals surface area contributed by atoms with Gasteiger partial charge in [0.05, 0.1) is 12.1 Å². The second-order valence-electron chi connectivity index (χ2n) is 3.44. The predicted molar refractivity (Wildman–Crippen MR) is 47.8 cm³/mol. The van der Waals surface area contributed by atoms with Gasteiger partial charge < -0.3 is 10.8 Å². The van der Waals surface area contributed by atoms with Crippen molar-refractivity contribution in [2.45, 2.75) is 25.5 Å². The fraction of sp³-hybridized carbons (Fsp3) is 0.400. The molecule has 0 saturated carbocycles. The molecule has 0 aromatic heterocycles. The van der Waals surface area contributed by atoms with E-state index >= 15 is 0 Å². The SMILES string of the molecule is Cc1cccc2c1C[C@H](O)[C@@H]2N. The predicted octanol–water partition coefficient (Wildman–Crippen LogP) is 0.912. The van der Waals surface area contributed by atoms with Gasteiger partial charge in [0, 0.05) is 6.42 Å². The number of nitrogens with two attached hydrogens (primary N) is 1. The lowest BCUT2D eigenvalue weighted by atomic mass is 10.0. The van der Waals surface area contributed by atoms with Gasteiger partial charge >= 0.3 is 0 Å². The molecule has 1 aliphatic carbocycles. The first-order valence-corrected chi connectivity index (χ1v) is 4.22. The van der Waals surface area contributed by atoms with Gasteiger partial charge in [0.25, 0.3) is 0 Å². The summed E-state index contributed by atoms with van der Waals surface area (Å²) in [5.74, 6) is 0. The van der Waals surface area contributed by atoms with Gasteiger partial charge in [-0.1, -0.05) is 18.2 Å². The van der Waals surface area contributed by atoms with Crippen LogP contribution in [0.5, 0.6) is 0 Å². The fourth-order valence-corrected chi connectivity index (χ4v) is 1.86. The van der Waals surface area contributed by atoms with Gasteiger partial charge in [0.15, 0.2) is 0 Å². The van der Waals surface area contributed by atoms with Gasteiger partial charge in [-0.05, 0) is 23.6 Å². The Bertz CT molecular complexity index is 309. The Kier molecular flexibility index (Phi) is 1.67. The quantitative estimate of drug-likeness (QED) is 0.597. The van der Waals surface area contributed by atoms with E-state index in [1.807, 2.05) is 12.1 Å². The van der Waals surface area contributed by atoms with E-state index in [1.54, 1.807) is 0 Å². The van der Waals surface area contributed by atoms with Crippen LogP contribution in [0.25, 0.3) is 0 Å². The van der Waals surface area contributed by atoms with Gasteiger partial charge in [-0.15, -0.1) is 0 Å². The summed E-state index contributed by atoms with van der Waals surface area (Å²) >= 11 is 0. The Morgan fingerprint density at radius 2 is 2.25 bits per heavy atom. The molecule has 2 heteroatoms. The number of aliphatic hydroxyl groups is 1. The standard InChI is InChI=1S/C10H13NO/c1-6-3-2-4-7-8(6)5-9(12)10(7)11/h2-4,9-10,12H,5,11H2,1H3/t9-,10+/m0/s1. The highest BCUT2D eigenvalue weighted by Gasteiger charge is 2.28. The van der Waals surface area contributed by atoms with Crippen molar-refractivity contribution in [3.8, 4) is 0 Å². The van der Waals surface area contributed by atoms with Crippen LogP contribution in [0.15, 0.2) is 18.2 Å². The molecule has 2 atom stereocenters. The molecule has 2 nitrogen and oxygen atoms in total. The zero-order valence-electron chi connectivity index (χ0n) is 7.12. The molecule has 3 N–H and O–H groups in total. The summed E-state index contributed by atoms with van der Waals surface area (Å²) in [5, 5.41) is 9.52. The molecule has 0 saturated heterocycles. The van der Waals surface area contributed by atoms with Crippen molar-refractivity contribution in [3.63, 3.8) is 0 Å². The Morgan fingerprint density at radius 1 is 1.50 bits per heavy atom. The number of rotatable bonds is 0. The number of aryl methyl sites for hydroxylation is 1. The third-order valence-electron chi connectivity index (χ3n) is 2.63. The molecule has 1 aromatic rings. The molecule has 0 heterocycles. The Labute approximate surface area is 72.0 Å². The Morgan fingerprint density at radius 3 is 2.92 bits per heavy atom. The van der Waals surface area contributed by atoms with Crippen LogP contribution in [0.4, 0.5) is 0 Å². The maximum atomic E-state index is 9.52. The van der Waals surface area contributed by atoms with E-state index in [4.69, 9.17) is 5.73 Å². The highest BCUT2D eigenvalue weighted by molar-refractivity contribution is 5.41. The summed E-state index contributed by atoms with van der Waals surface area (Å²) in [7, 11) is 0. The molecule has 0 fully saturated rings. The highest BCUT2D eigenvalue weighted by Crippen LogP contribution is 2.31. The maximum absolute atomic E-state index is 9.52. The van der Waals surface area contributed by atoms with Crippen LogP contribution in [-0.2, 0) is 6.42 Å². The van der Waals surface area contributed by atoms with Crippen molar-refractivity contribution in [1.82, 2.24) is 0 Å². The van der Waals surface area contributed by atoms with E-state index in [0.29, 0.717) is 6.42 Å². The lowest BCUT2D eigenvalue weighted by Crippen LogP contribution is -2.21. The van der Waals surface area contributed by atoms with Crippen LogP contribution in [0.1, 0.15) is 22.7 Å². The molecule has 0 radical (unpaired) electrons. The van der Waals surface area contributed by atoms with Crippen molar-refractivity contribution in [2.24, 2.45) is 5.73 Å². The summed E-state index contributed by atoms with van der Waals surface area (Å²) in [6.07, 6.45) is 0.324. The van der Waals surface area contributed by atoms with E-state index in [9.17, 15) is 5.11 Å². The number of hydrogen-bond donors (Lipinski definition) is 2. The smallest absolute Gasteiger partial charge is 0.0773 e. The summed E-state index contributed by atoms with van der Waals surface area (Å²) in [6.45, 7) is 2.06. The minimum Gasteiger partial charge on any atom is -0.391 e. The minimum atomic E-state index is -0.388. The summed E-state index contributed by atoms with van der Waals surface area (Å²) in [4.78, 5) is 0. The van der Waals surface area contributed by atoms with E-state index in [2.05, 4.69) is 13.0 Å². The van der Waals surface area contributed by atoms with Crippen LogP contribution < -0.4 is 5.73 Å². The Hall–Kier alpha value is -0.860. The van der Waals surface area contributed by atoms with Crippen LogP contribution in [0, 0.1) is 6.92 Å². The molecule has 1 aromatic carbocycles. The molecule has 0 unspecified atom stereocenters. The van der Waals surface area contributed by atoms with E-state index in [-0.39, 0.29) is 12.1 Å². The molecule has 64 valence electrons. The topological polar surface area (TPSA) is 46.2 Å². The van der Waals surface area contributed by atoms with Crippen LogP contribution in [0.2, 0.25) is 0 Å². The van der Waals surface area contributed by atoms with Crippen molar-refractivity contribution >= 4 is 0 Å². The average molecular weight is 163 g/mol. The van der Waals surface area contributed by atoms with Gasteiger partial charge in [-0.3, -0.25) is 0 Å². The van der Waals surface area contributed by atoms with E-state index in [0.717, 1.165) is 5.56 Å². The molecule has 12 heavy (non-hydrogen) atoms. The van der Waals surface area contributed by atoms with Crippen LogP contribution >= 0.6 is 0 Å². The highest BCUT2D eigenvalue weighted by atomic mass is 16.3. The fourth-order valence-electron chi connectivity index (χ4n) is 1.86. The first-order valence-electron chi connectivity index (χ1n) is 4.22. The number of hydrogen-bond acceptors (Lipinski definition) is 2. The second-order valence-corrected chi connectivity index (χ2v) is 3.44. The average Bonchev–Trinajstić information content (AvgIpc) is 2.32. The summed E-state index contributed by atoms with van der Waals surface area (Å²) in [6, 6.07) is 5.87. The molecule has 0 bridgehead atoms. The van der Waals surface area contributed by atoms with Crippen molar-refractivity contribution in [2.75, 3.05) is 0 Å². The van der Waals surface area contributed by atoms with E-state index < -0.39 is 0 Å². The normalized spacial score (nSPS) is 27.2. The lowest BCUT2D eigenvalue weighted by molar-refractivity contribution is 0.158. The monoisotopic (exact) mass is 163 g/mol. The van der Waals surface area contributed by atoms with Gasteiger partial charge in [0.2, 0.25) is 0 Å². The lowest BCUT2D eigenvalue weighted by Gasteiger charge is -2.08. The van der Waals surface area contributed by atoms with Gasteiger partial charge in [-0.2, -0.15) is 0 Å². The molecule has 1 aliphatic rings. The van der Waals surface area contributed by atoms with Crippen LogP contribution in [0.3, 0.4) is 0 Å². The maximum Gasteiger partial charge on any atom is 0.0773 e. The van der Waals surface area contributed by atoms with Crippen molar-refractivity contribution in [1.29, 1.82) is 0 Å². The Balaban J connectivity index is 2.53.